The molecule has 4 heteroatoms. The van der Waals surface area contributed by atoms with E-state index in [1.807, 2.05) is 6.92 Å². The lowest BCUT2D eigenvalue weighted by Gasteiger charge is -2.40. The Kier molecular flexibility index (Phi) is 3.05. The summed E-state index contributed by atoms with van der Waals surface area (Å²) in [7, 11) is 0. The summed E-state index contributed by atoms with van der Waals surface area (Å²) in [6.45, 7) is 3.62. The number of piperazine rings is 1. The van der Waals surface area contributed by atoms with Crippen molar-refractivity contribution >= 4 is 11.7 Å². The molecule has 2 fully saturated rings. The number of ketones is 1. The van der Waals surface area contributed by atoms with Gasteiger partial charge >= 0.3 is 0 Å². The van der Waals surface area contributed by atoms with Crippen LogP contribution in [-0.4, -0.2) is 41.8 Å². The second kappa shape index (κ2) is 4.31. The van der Waals surface area contributed by atoms with E-state index < -0.39 is 0 Å². The molecule has 0 aromatic carbocycles. The summed E-state index contributed by atoms with van der Waals surface area (Å²) in [5.74, 6) is 0.499. The van der Waals surface area contributed by atoms with Crippen molar-refractivity contribution in [3.8, 4) is 0 Å². The van der Waals surface area contributed by atoms with Gasteiger partial charge in [0.25, 0.3) is 0 Å². The zero-order valence-electron chi connectivity index (χ0n) is 9.16. The largest absolute Gasteiger partial charge is 0.353 e. The minimum absolute atomic E-state index is 0.0306. The van der Waals surface area contributed by atoms with Gasteiger partial charge in [-0.25, -0.2) is 0 Å². The Hall–Kier alpha value is -0.900. The highest BCUT2D eigenvalue weighted by Gasteiger charge is 2.32. The highest BCUT2D eigenvalue weighted by Crippen LogP contribution is 2.23. The third-order valence-corrected chi connectivity index (χ3v) is 3.53. The van der Waals surface area contributed by atoms with E-state index in [0.717, 1.165) is 25.9 Å². The third-order valence-electron chi connectivity index (χ3n) is 3.53. The van der Waals surface area contributed by atoms with Crippen molar-refractivity contribution in [1.29, 1.82) is 0 Å². The van der Waals surface area contributed by atoms with E-state index in [0.29, 0.717) is 24.7 Å². The van der Waals surface area contributed by atoms with Crippen LogP contribution in [0.15, 0.2) is 0 Å². The van der Waals surface area contributed by atoms with Crippen LogP contribution in [0.1, 0.15) is 32.6 Å². The summed E-state index contributed by atoms with van der Waals surface area (Å²) < 4.78 is 0. The number of Topliss-reactive ketones (excluding diaryl/α,β-unsaturated/α-hetero) is 1. The summed E-state index contributed by atoms with van der Waals surface area (Å²) in [6, 6.07) is 0.403. The SMILES string of the molecule is CC1C(=O)NCCN1C1CCC(=O)CC1. The second-order valence-electron chi connectivity index (χ2n) is 4.47. The van der Waals surface area contributed by atoms with Gasteiger partial charge in [-0.3, -0.25) is 14.5 Å². The summed E-state index contributed by atoms with van der Waals surface area (Å²) in [5.41, 5.74) is 0. The van der Waals surface area contributed by atoms with E-state index in [1.165, 1.54) is 0 Å². The maximum Gasteiger partial charge on any atom is 0.237 e. The van der Waals surface area contributed by atoms with Gasteiger partial charge in [-0.15, -0.1) is 0 Å². The average Bonchev–Trinajstić information content (AvgIpc) is 2.24. The molecule has 1 N–H and O–H groups in total. The number of nitrogens with one attached hydrogen (secondary N) is 1. The molecule has 1 unspecified atom stereocenters. The summed E-state index contributed by atoms with van der Waals surface area (Å²) in [5, 5.41) is 2.86. The Bertz CT molecular complexity index is 268. The number of carbonyl (C=O) groups is 2. The lowest BCUT2D eigenvalue weighted by atomic mass is 9.92. The fourth-order valence-corrected chi connectivity index (χ4v) is 2.56. The molecule has 2 rings (SSSR count). The number of amides is 1. The maximum absolute atomic E-state index is 11.5. The molecular formula is C11H18N2O2. The van der Waals surface area contributed by atoms with Gasteiger partial charge in [0.15, 0.2) is 0 Å². The standard InChI is InChI=1S/C11H18N2O2/c1-8-11(15)12-6-7-13(8)9-2-4-10(14)5-3-9/h8-9H,2-7H2,1H3,(H,12,15). The monoisotopic (exact) mass is 210 g/mol. The van der Waals surface area contributed by atoms with Crippen LogP contribution in [0.3, 0.4) is 0 Å². The molecule has 4 nitrogen and oxygen atoms in total. The Balaban J connectivity index is 1.97. The van der Waals surface area contributed by atoms with E-state index in [-0.39, 0.29) is 11.9 Å². The number of rotatable bonds is 1. The van der Waals surface area contributed by atoms with E-state index >= 15 is 0 Å². The quantitative estimate of drug-likeness (QED) is 0.678. The summed E-state index contributed by atoms with van der Waals surface area (Å²) in [6.07, 6.45) is 3.23. The van der Waals surface area contributed by atoms with Crippen LogP contribution in [0.2, 0.25) is 0 Å². The van der Waals surface area contributed by atoms with Gasteiger partial charge in [-0.2, -0.15) is 0 Å². The molecule has 1 amide bonds. The van der Waals surface area contributed by atoms with Crippen molar-refractivity contribution < 1.29 is 9.59 Å². The Morgan fingerprint density at radius 2 is 1.93 bits per heavy atom. The van der Waals surface area contributed by atoms with Crippen LogP contribution in [0.5, 0.6) is 0 Å². The molecule has 1 aliphatic heterocycles. The Labute approximate surface area is 90.0 Å². The van der Waals surface area contributed by atoms with E-state index in [1.54, 1.807) is 0 Å². The van der Waals surface area contributed by atoms with Crippen molar-refractivity contribution in [1.82, 2.24) is 10.2 Å². The minimum Gasteiger partial charge on any atom is -0.353 e. The van der Waals surface area contributed by atoms with Gasteiger partial charge in [-0.1, -0.05) is 0 Å². The topological polar surface area (TPSA) is 49.4 Å². The predicted molar refractivity (Wildman–Crippen MR) is 56.4 cm³/mol. The van der Waals surface area contributed by atoms with E-state index in [2.05, 4.69) is 10.2 Å². The molecular weight excluding hydrogens is 192 g/mol. The van der Waals surface area contributed by atoms with Crippen molar-refractivity contribution in [2.24, 2.45) is 0 Å². The van der Waals surface area contributed by atoms with Crippen LogP contribution in [0.4, 0.5) is 0 Å². The highest BCUT2D eigenvalue weighted by atomic mass is 16.2. The fraction of sp³-hybridized carbons (Fsp3) is 0.818. The summed E-state index contributed by atoms with van der Waals surface area (Å²) >= 11 is 0. The maximum atomic E-state index is 11.5. The molecule has 0 spiro atoms. The molecule has 84 valence electrons. The van der Waals surface area contributed by atoms with Crippen molar-refractivity contribution in [2.75, 3.05) is 13.1 Å². The third kappa shape index (κ3) is 2.20. The van der Waals surface area contributed by atoms with Crippen LogP contribution < -0.4 is 5.32 Å². The lowest BCUT2D eigenvalue weighted by Crippen LogP contribution is -2.57. The molecule has 0 aromatic rings. The zero-order chi connectivity index (χ0) is 10.8. The predicted octanol–water partition coefficient (Wildman–Crippen LogP) is 0.318. The van der Waals surface area contributed by atoms with Crippen LogP contribution >= 0.6 is 0 Å². The van der Waals surface area contributed by atoms with Gasteiger partial charge in [0.05, 0.1) is 6.04 Å². The minimum atomic E-state index is -0.0306. The molecule has 1 saturated carbocycles. The van der Waals surface area contributed by atoms with Crippen molar-refractivity contribution in [2.45, 2.75) is 44.7 Å². The van der Waals surface area contributed by atoms with Crippen LogP contribution in [0.25, 0.3) is 0 Å². The molecule has 0 bridgehead atoms. The first-order valence-corrected chi connectivity index (χ1v) is 5.73. The first kappa shape index (κ1) is 10.6. The summed E-state index contributed by atoms with van der Waals surface area (Å²) in [4.78, 5) is 24.9. The molecule has 15 heavy (non-hydrogen) atoms. The molecule has 1 atom stereocenters. The van der Waals surface area contributed by atoms with Crippen molar-refractivity contribution in [3.63, 3.8) is 0 Å². The van der Waals surface area contributed by atoms with Gasteiger partial charge in [0.1, 0.15) is 5.78 Å². The lowest BCUT2D eigenvalue weighted by molar-refractivity contribution is -0.130. The molecule has 0 radical (unpaired) electrons. The number of nitrogens with zero attached hydrogens (tertiary/aromatic N) is 1. The molecule has 1 saturated heterocycles. The average molecular weight is 210 g/mol. The zero-order valence-corrected chi connectivity index (χ0v) is 9.16. The van der Waals surface area contributed by atoms with Crippen molar-refractivity contribution in [3.05, 3.63) is 0 Å². The highest BCUT2D eigenvalue weighted by molar-refractivity contribution is 5.82. The fourth-order valence-electron chi connectivity index (χ4n) is 2.56. The number of hydrogen-bond donors (Lipinski definition) is 1. The normalized spacial score (nSPS) is 30.3. The first-order chi connectivity index (χ1) is 7.18. The molecule has 0 aromatic heterocycles. The Morgan fingerprint density at radius 3 is 2.60 bits per heavy atom. The van der Waals surface area contributed by atoms with E-state index in [4.69, 9.17) is 0 Å². The van der Waals surface area contributed by atoms with Crippen LogP contribution in [0, 0.1) is 0 Å². The first-order valence-electron chi connectivity index (χ1n) is 5.73. The van der Waals surface area contributed by atoms with Gasteiger partial charge in [0, 0.05) is 32.0 Å². The van der Waals surface area contributed by atoms with E-state index in [9.17, 15) is 9.59 Å². The van der Waals surface area contributed by atoms with Gasteiger partial charge in [0.2, 0.25) is 5.91 Å². The number of hydrogen-bond acceptors (Lipinski definition) is 3. The van der Waals surface area contributed by atoms with Gasteiger partial charge < -0.3 is 5.32 Å². The van der Waals surface area contributed by atoms with Crippen LogP contribution in [-0.2, 0) is 9.59 Å². The molecule has 1 aliphatic carbocycles. The van der Waals surface area contributed by atoms with Gasteiger partial charge in [-0.05, 0) is 19.8 Å². The second-order valence-corrected chi connectivity index (χ2v) is 4.47. The Morgan fingerprint density at radius 1 is 1.27 bits per heavy atom. The molecule has 2 aliphatic rings. The number of carbonyl (C=O) groups excluding carboxylic acids is 2. The molecule has 1 heterocycles. The smallest absolute Gasteiger partial charge is 0.237 e.